The molecule has 0 radical (unpaired) electrons. The number of hydrogen-bond acceptors (Lipinski definition) is 10. The Bertz CT molecular complexity index is 1810. The fourth-order valence-electron chi connectivity index (χ4n) is 7.13. The molecule has 0 spiro atoms. The van der Waals surface area contributed by atoms with Gasteiger partial charge in [0.1, 0.15) is 23.3 Å². The van der Waals surface area contributed by atoms with Crippen LogP contribution < -0.4 is 10.2 Å². The number of piperidine rings is 2. The number of rotatable bonds is 12. The minimum Gasteiger partial charge on any atom is -0.444 e. The van der Waals surface area contributed by atoms with Gasteiger partial charge in [0.05, 0.1) is 11.7 Å². The Labute approximate surface area is 327 Å². The second-order valence-electron chi connectivity index (χ2n) is 17.3. The molecule has 0 bridgehead atoms. The van der Waals surface area contributed by atoms with E-state index >= 15 is 0 Å². The molecule has 1 N–H and O–H groups in total. The quantitative estimate of drug-likeness (QED) is 0.190. The first-order chi connectivity index (χ1) is 26.5. The van der Waals surface area contributed by atoms with E-state index in [-0.39, 0.29) is 29.4 Å². The number of ether oxygens (including phenoxy) is 2. The topological polar surface area (TPSA) is 148 Å². The van der Waals surface area contributed by atoms with E-state index in [4.69, 9.17) is 13.9 Å². The second-order valence-corrected chi connectivity index (χ2v) is 17.3. The predicted molar refractivity (Wildman–Crippen MR) is 206 cm³/mol. The van der Waals surface area contributed by atoms with Crippen LogP contribution in [0.2, 0.25) is 0 Å². The molecule has 6 rings (SSSR count). The number of nitrogens with one attached hydrogen (secondary N) is 1. The average molecular weight is 783 g/mol. The summed E-state index contributed by atoms with van der Waals surface area (Å²) in [6.07, 6.45) is 8.18. The first-order valence-corrected chi connectivity index (χ1v) is 19.8. The number of hydrogen-bond donors (Lipinski definition) is 1. The molecule has 1 aliphatic carbocycles. The summed E-state index contributed by atoms with van der Waals surface area (Å²) in [7, 11) is 0. The third kappa shape index (κ3) is 11.3. The van der Waals surface area contributed by atoms with Gasteiger partial charge in [0, 0.05) is 50.7 Å². The maximum atomic E-state index is 14.2. The number of amides is 3. The summed E-state index contributed by atoms with van der Waals surface area (Å²) in [5.74, 6) is 0.703. The summed E-state index contributed by atoms with van der Waals surface area (Å²) >= 11 is 0. The number of carbonyl (C=O) groups is 3. The van der Waals surface area contributed by atoms with Crippen LogP contribution in [0.4, 0.5) is 29.9 Å². The fraction of sp³-hybridized carbons (Fsp3) is 0.650. The van der Waals surface area contributed by atoms with E-state index in [1.807, 2.05) is 25.7 Å². The van der Waals surface area contributed by atoms with Gasteiger partial charge in [0.25, 0.3) is 12.3 Å². The van der Waals surface area contributed by atoms with E-state index in [0.29, 0.717) is 29.8 Å². The Kier molecular flexibility index (Phi) is 12.7. The van der Waals surface area contributed by atoms with Gasteiger partial charge >= 0.3 is 12.2 Å². The van der Waals surface area contributed by atoms with E-state index < -0.39 is 35.3 Å². The molecule has 14 nitrogen and oxygen atoms in total. The number of oxazole rings is 1. The lowest BCUT2D eigenvalue weighted by molar-refractivity contribution is 0.0179. The predicted octanol–water partition coefficient (Wildman–Crippen LogP) is 8.34. The molecule has 3 aromatic rings. The summed E-state index contributed by atoms with van der Waals surface area (Å²) in [5.41, 5.74) is -1.38. The normalized spacial score (nSPS) is 17.6. The molecular formula is C40H56F2N8O6. The lowest BCUT2D eigenvalue weighted by atomic mass is 9.92. The standard InChI is InChI=1S/C40H56F2N8O6/c1-39(2,3)55-37(52)48-20-12-26(13-21-48)8-7-17-47-18-14-29(15-19-47)50-24-30(33(46-50)34(41)42)44-35(51)31-25-54-36(45-31)28-11-16-43-32(22-28)49(23-27-9-10-27)38(53)56-40(4,5)6/h11,16,22,24-27,29,34H,7-10,12-15,17-21,23H2,1-6H3,(H,44,51). The van der Waals surface area contributed by atoms with E-state index in [2.05, 4.69) is 25.3 Å². The van der Waals surface area contributed by atoms with Crippen molar-refractivity contribution in [3.05, 3.63) is 42.2 Å². The summed E-state index contributed by atoms with van der Waals surface area (Å²) in [6, 6.07) is 3.21. The molecule has 5 heterocycles. The van der Waals surface area contributed by atoms with Gasteiger partial charge in [-0.3, -0.25) is 14.4 Å². The van der Waals surface area contributed by atoms with Gasteiger partial charge in [-0.1, -0.05) is 0 Å². The van der Waals surface area contributed by atoms with Gasteiger partial charge in [0.2, 0.25) is 5.89 Å². The van der Waals surface area contributed by atoms with E-state index in [1.165, 1.54) is 17.3 Å². The Hall–Kier alpha value is -4.60. The Morgan fingerprint density at radius 3 is 2.30 bits per heavy atom. The van der Waals surface area contributed by atoms with Crippen molar-refractivity contribution in [2.75, 3.05) is 49.5 Å². The highest BCUT2D eigenvalue weighted by Gasteiger charge is 2.32. The van der Waals surface area contributed by atoms with Crippen LogP contribution in [0.1, 0.15) is 122 Å². The average Bonchev–Trinajstić information content (AvgIpc) is 3.63. The van der Waals surface area contributed by atoms with Crippen LogP contribution in [0.15, 0.2) is 35.2 Å². The number of carbonyl (C=O) groups excluding carboxylic acids is 3. The van der Waals surface area contributed by atoms with Crippen molar-refractivity contribution >= 4 is 29.6 Å². The molecular weight excluding hydrogens is 726 g/mol. The maximum absolute atomic E-state index is 14.2. The molecule has 2 aliphatic heterocycles. The summed E-state index contributed by atoms with van der Waals surface area (Å²) in [6.45, 7) is 15.6. The van der Waals surface area contributed by atoms with Gasteiger partial charge in [-0.05, 0) is 123 Å². The Morgan fingerprint density at radius 2 is 1.66 bits per heavy atom. The van der Waals surface area contributed by atoms with Crippen molar-refractivity contribution in [2.45, 2.75) is 117 Å². The Morgan fingerprint density at radius 1 is 0.964 bits per heavy atom. The van der Waals surface area contributed by atoms with Gasteiger partial charge in [-0.15, -0.1) is 0 Å². The van der Waals surface area contributed by atoms with Crippen molar-refractivity contribution < 1.29 is 37.1 Å². The smallest absolute Gasteiger partial charge is 0.416 e. The Balaban J connectivity index is 1.00. The highest BCUT2D eigenvalue weighted by molar-refractivity contribution is 6.03. The van der Waals surface area contributed by atoms with Gasteiger partial charge < -0.3 is 29.0 Å². The second kappa shape index (κ2) is 17.3. The largest absolute Gasteiger partial charge is 0.444 e. The third-order valence-electron chi connectivity index (χ3n) is 10.3. The molecule has 16 heteroatoms. The van der Waals surface area contributed by atoms with Crippen LogP contribution in [-0.4, -0.2) is 98.1 Å². The highest BCUT2D eigenvalue weighted by Crippen LogP contribution is 2.34. The highest BCUT2D eigenvalue weighted by atomic mass is 19.3. The van der Waals surface area contributed by atoms with Crippen molar-refractivity contribution in [2.24, 2.45) is 11.8 Å². The SMILES string of the molecule is CC(C)(C)OC(=O)N1CCC(CCCN2CCC(n3cc(NC(=O)c4coc(-c5ccnc(N(CC6CC6)C(=O)OC(C)(C)C)c5)n4)c(C(F)F)n3)CC2)CC1. The molecule has 0 unspecified atom stereocenters. The number of pyridine rings is 1. The lowest BCUT2D eigenvalue weighted by Gasteiger charge is -2.34. The molecule has 0 aromatic carbocycles. The molecule has 2 saturated heterocycles. The number of likely N-dealkylation sites (tertiary alicyclic amines) is 2. The minimum atomic E-state index is -2.89. The molecule has 56 heavy (non-hydrogen) atoms. The molecule has 306 valence electrons. The summed E-state index contributed by atoms with van der Waals surface area (Å²) in [4.78, 5) is 53.1. The number of anilines is 2. The summed E-state index contributed by atoms with van der Waals surface area (Å²) in [5, 5.41) is 6.78. The maximum Gasteiger partial charge on any atom is 0.416 e. The van der Waals surface area contributed by atoms with Crippen LogP contribution in [0.5, 0.6) is 0 Å². The van der Waals surface area contributed by atoms with Crippen molar-refractivity contribution in [3.8, 4) is 11.5 Å². The van der Waals surface area contributed by atoms with Crippen molar-refractivity contribution in [1.29, 1.82) is 0 Å². The fourth-order valence-corrected chi connectivity index (χ4v) is 7.13. The molecule has 3 aliphatic rings. The third-order valence-corrected chi connectivity index (χ3v) is 10.3. The zero-order valence-electron chi connectivity index (χ0n) is 33.4. The van der Waals surface area contributed by atoms with E-state index in [1.54, 1.807) is 37.6 Å². The minimum absolute atomic E-state index is 0.0750. The van der Waals surface area contributed by atoms with E-state index in [0.717, 1.165) is 90.4 Å². The number of aromatic nitrogens is 4. The number of halogens is 2. The van der Waals surface area contributed by atoms with Crippen LogP contribution in [0.25, 0.3) is 11.5 Å². The number of nitrogens with zero attached hydrogens (tertiary/aromatic N) is 7. The molecule has 0 atom stereocenters. The zero-order valence-corrected chi connectivity index (χ0v) is 33.4. The van der Waals surface area contributed by atoms with Crippen LogP contribution >= 0.6 is 0 Å². The van der Waals surface area contributed by atoms with Crippen molar-refractivity contribution in [1.82, 2.24) is 29.5 Å². The van der Waals surface area contributed by atoms with Gasteiger partial charge in [-0.2, -0.15) is 5.10 Å². The monoisotopic (exact) mass is 782 g/mol. The van der Waals surface area contributed by atoms with Crippen LogP contribution in [0.3, 0.4) is 0 Å². The van der Waals surface area contributed by atoms with Crippen molar-refractivity contribution in [3.63, 3.8) is 0 Å². The van der Waals surface area contributed by atoms with Gasteiger partial charge in [0.15, 0.2) is 11.4 Å². The number of alkyl halides is 2. The first kappa shape index (κ1) is 41.0. The van der Waals surface area contributed by atoms with Gasteiger partial charge in [-0.25, -0.2) is 28.3 Å². The van der Waals surface area contributed by atoms with Crippen LogP contribution in [0, 0.1) is 11.8 Å². The molecule has 1 saturated carbocycles. The van der Waals surface area contributed by atoms with E-state index in [9.17, 15) is 23.2 Å². The van der Waals surface area contributed by atoms with Crippen LogP contribution in [-0.2, 0) is 9.47 Å². The molecule has 3 fully saturated rings. The lowest BCUT2D eigenvalue weighted by Crippen LogP contribution is -2.41. The first-order valence-electron chi connectivity index (χ1n) is 19.8. The molecule has 3 aromatic heterocycles. The summed E-state index contributed by atoms with van der Waals surface area (Å²) < 4.78 is 46.6. The molecule has 3 amide bonds. The zero-order chi connectivity index (χ0) is 40.2.